The monoisotopic (exact) mass is 389 g/mol. The van der Waals surface area contributed by atoms with Crippen molar-refractivity contribution in [2.45, 2.75) is 19.3 Å². The van der Waals surface area contributed by atoms with Crippen molar-refractivity contribution in [3.05, 3.63) is 60.2 Å². The van der Waals surface area contributed by atoms with Gasteiger partial charge in [0.15, 0.2) is 5.17 Å². The fraction of sp³-hybridized carbons (Fsp3) is 0.300. The third kappa shape index (κ3) is 5.79. The van der Waals surface area contributed by atoms with Crippen LogP contribution in [0.4, 0.5) is 20.2 Å². The average molecular weight is 389 g/mol. The molecular formula is C20H21F2N3OS. The van der Waals surface area contributed by atoms with E-state index < -0.39 is 11.6 Å². The molecule has 0 unspecified atom stereocenters. The molecule has 142 valence electrons. The molecule has 0 aromatic heterocycles. The number of rotatable bonds is 4. The Morgan fingerprint density at radius 2 is 1.81 bits per heavy atom. The van der Waals surface area contributed by atoms with Gasteiger partial charge in [-0.05, 0) is 43.5 Å². The number of hydrogen-bond donors (Lipinski definition) is 1. The molecule has 0 radical (unpaired) electrons. The minimum atomic E-state index is -0.789. The van der Waals surface area contributed by atoms with E-state index in [2.05, 4.69) is 10.2 Å². The van der Waals surface area contributed by atoms with Crippen molar-refractivity contribution < 1.29 is 13.6 Å². The summed E-state index contributed by atoms with van der Waals surface area (Å²) >= 11 is 1.33. The number of nitrogens with zero attached hydrogens (tertiary/aromatic N) is 2. The van der Waals surface area contributed by atoms with Gasteiger partial charge >= 0.3 is 0 Å². The van der Waals surface area contributed by atoms with E-state index in [1.165, 1.54) is 24.2 Å². The van der Waals surface area contributed by atoms with Crippen LogP contribution >= 0.6 is 11.8 Å². The zero-order chi connectivity index (χ0) is 19.1. The van der Waals surface area contributed by atoms with E-state index in [0.29, 0.717) is 0 Å². The summed E-state index contributed by atoms with van der Waals surface area (Å²) in [5.74, 6) is -1.73. The second-order valence-electron chi connectivity index (χ2n) is 6.24. The third-order valence-electron chi connectivity index (χ3n) is 4.15. The van der Waals surface area contributed by atoms with Crippen LogP contribution in [0.5, 0.6) is 0 Å². The molecular weight excluding hydrogens is 368 g/mol. The maximum atomic E-state index is 13.7. The van der Waals surface area contributed by atoms with Crippen molar-refractivity contribution in [1.82, 2.24) is 4.90 Å². The first-order chi connectivity index (χ1) is 13.1. The van der Waals surface area contributed by atoms with Crippen molar-refractivity contribution in [2.75, 3.05) is 24.2 Å². The van der Waals surface area contributed by atoms with E-state index in [1.807, 2.05) is 30.3 Å². The topological polar surface area (TPSA) is 44.7 Å². The van der Waals surface area contributed by atoms with Crippen LogP contribution in [-0.2, 0) is 4.79 Å². The van der Waals surface area contributed by atoms with Crippen molar-refractivity contribution in [2.24, 2.45) is 4.99 Å². The molecule has 1 aliphatic rings. The molecule has 27 heavy (non-hydrogen) atoms. The number of carbonyl (C=O) groups excluding carboxylic acids is 1. The molecule has 1 fully saturated rings. The highest BCUT2D eigenvalue weighted by Gasteiger charge is 2.17. The molecule has 0 spiro atoms. The minimum Gasteiger partial charge on any atom is -0.351 e. The van der Waals surface area contributed by atoms with Gasteiger partial charge in [-0.2, -0.15) is 0 Å². The van der Waals surface area contributed by atoms with Gasteiger partial charge in [-0.15, -0.1) is 0 Å². The third-order valence-corrected chi connectivity index (χ3v) is 5.16. The van der Waals surface area contributed by atoms with E-state index in [-0.39, 0.29) is 17.3 Å². The number of likely N-dealkylation sites (tertiary alicyclic amines) is 1. The summed E-state index contributed by atoms with van der Waals surface area (Å²) in [6.45, 7) is 1.82. The zero-order valence-electron chi connectivity index (χ0n) is 14.8. The predicted octanol–water partition coefficient (Wildman–Crippen LogP) is 4.81. The highest BCUT2D eigenvalue weighted by Crippen LogP contribution is 2.21. The van der Waals surface area contributed by atoms with Gasteiger partial charge < -0.3 is 10.2 Å². The molecule has 1 saturated heterocycles. The Morgan fingerprint density at radius 1 is 1.07 bits per heavy atom. The summed E-state index contributed by atoms with van der Waals surface area (Å²) in [6.07, 6.45) is 3.40. The van der Waals surface area contributed by atoms with Crippen LogP contribution in [0.15, 0.2) is 53.5 Å². The Labute approximate surface area is 161 Å². The molecule has 4 nitrogen and oxygen atoms in total. The van der Waals surface area contributed by atoms with Gasteiger partial charge in [0.1, 0.15) is 11.6 Å². The van der Waals surface area contributed by atoms with Crippen LogP contribution in [0.2, 0.25) is 0 Å². The SMILES string of the molecule is O=C(CSC(=Nc1ccccc1)N1CCCCC1)Nc1ccc(F)cc1F. The number of aliphatic imine (C=N–C) groups is 1. The molecule has 1 amide bonds. The lowest BCUT2D eigenvalue weighted by atomic mass is 10.1. The number of benzene rings is 2. The Balaban J connectivity index is 1.66. The fourth-order valence-corrected chi connectivity index (χ4v) is 3.67. The van der Waals surface area contributed by atoms with Crippen molar-refractivity contribution >= 4 is 34.2 Å². The predicted molar refractivity (Wildman–Crippen MR) is 106 cm³/mol. The molecule has 3 rings (SSSR count). The summed E-state index contributed by atoms with van der Waals surface area (Å²) in [6, 6.07) is 12.7. The Morgan fingerprint density at radius 3 is 2.52 bits per heavy atom. The van der Waals surface area contributed by atoms with Gasteiger partial charge in [-0.3, -0.25) is 4.79 Å². The van der Waals surface area contributed by atoms with Crippen molar-refractivity contribution in [3.63, 3.8) is 0 Å². The molecule has 0 aliphatic carbocycles. The van der Waals surface area contributed by atoms with Crippen LogP contribution < -0.4 is 5.32 Å². The van der Waals surface area contributed by atoms with Crippen LogP contribution in [0, 0.1) is 11.6 Å². The molecule has 1 aliphatic heterocycles. The summed E-state index contributed by atoms with van der Waals surface area (Å²) in [5, 5.41) is 3.27. The molecule has 1 heterocycles. The highest BCUT2D eigenvalue weighted by atomic mass is 32.2. The number of hydrogen-bond acceptors (Lipinski definition) is 3. The van der Waals surface area contributed by atoms with E-state index in [4.69, 9.17) is 4.99 Å². The molecule has 0 atom stereocenters. The summed E-state index contributed by atoms with van der Waals surface area (Å²) in [4.78, 5) is 19.1. The molecule has 7 heteroatoms. The normalized spacial score (nSPS) is 14.9. The van der Waals surface area contributed by atoms with E-state index in [9.17, 15) is 13.6 Å². The van der Waals surface area contributed by atoms with Crippen molar-refractivity contribution in [3.8, 4) is 0 Å². The molecule has 2 aromatic carbocycles. The lowest BCUT2D eigenvalue weighted by Gasteiger charge is -2.29. The zero-order valence-corrected chi connectivity index (χ0v) is 15.6. The second-order valence-corrected chi connectivity index (χ2v) is 7.18. The van der Waals surface area contributed by atoms with Gasteiger partial charge in [-0.25, -0.2) is 13.8 Å². The van der Waals surface area contributed by atoms with E-state index in [0.717, 1.165) is 48.9 Å². The Hall–Kier alpha value is -2.41. The lowest BCUT2D eigenvalue weighted by Crippen LogP contribution is -2.34. The second kappa shape index (κ2) is 9.50. The summed E-state index contributed by atoms with van der Waals surface area (Å²) in [7, 11) is 0. The molecule has 0 saturated carbocycles. The van der Waals surface area contributed by atoms with Gasteiger partial charge in [0.2, 0.25) is 5.91 Å². The van der Waals surface area contributed by atoms with Gasteiger partial charge in [-0.1, -0.05) is 30.0 Å². The fourth-order valence-electron chi connectivity index (χ4n) is 2.80. The van der Waals surface area contributed by atoms with E-state index in [1.54, 1.807) is 0 Å². The summed E-state index contributed by atoms with van der Waals surface area (Å²) < 4.78 is 26.7. The lowest BCUT2D eigenvalue weighted by molar-refractivity contribution is -0.113. The van der Waals surface area contributed by atoms with Gasteiger partial charge in [0, 0.05) is 19.2 Å². The molecule has 0 bridgehead atoms. The van der Waals surface area contributed by atoms with Crippen LogP contribution in [0.25, 0.3) is 0 Å². The number of carbonyl (C=O) groups is 1. The number of amides is 1. The molecule has 2 aromatic rings. The minimum absolute atomic E-state index is 0.0264. The number of para-hydroxylation sites is 1. The quantitative estimate of drug-likeness (QED) is 0.603. The van der Waals surface area contributed by atoms with Gasteiger partial charge in [0.25, 0.3) is 0 Å². The maximum Gasteiger partial charge on any atom is 0.234 e. The number of nitrogens with one attached hydrogen (secondary N) is 1. The number of amidine groups is 1. The van der Waals surface area contributed by atoms with Crippen LogP contribution in [0.3, 0.4) is 0 Å². The van der Waals surface area contributed by atoms with Crippen LogP contribution in [-0.4, -0.2) is 34.8 Å². The van der Waals surface area contributed by atoms with Crippen molar-refractivity contribution in [1.29, 1.82) is 0 Å². The standard InChI is InChI=1S/C20H21F2N3OS/c21-15-9-10-18(17(22)13-15)24-19(26)14-27-20(25-11-5-2-6-12-25)23-16-7-3-1-4-8-16/h1,3-4,7-10,13H,2,5-6,11-12,14H2,(H,24,26). The largest absolute Gasteiger partial charge is 0.351 e. The Kier molecular flexibility index (Phi) is 6.81. The molecule has 1 N–H and O–H groups in total. The first-order valence-corrected chi connectivity index (χ1v) is 9.87. The number of halogens is 2. The Bertz CT molecular complexity index is 808. The van der Waals surface area contributed by atoms with Gasteiger partial charge in [0.05, 0.1) is 17.1 Å². The first kappa shape index (κ1) is 19.4. The number of anilines is 1. The maximum absolute atomic E-state index is 13.7. The smallest absolute Gasteiger partial charge is 0.234 e. The van der Waals surface area contributed by atoms with Crippen LogP contribution in [0.1, 0.15) is 19.3 Å². The number of piperidine rings is 1. The number of thioether (sulfide) groups is 1. The highest BCUT2D eigenvalue weighted by molar-refractivity contribution is 8.14. The first-order valence-electron chi connectivity index (χ1n) is 8.88. The summed E-state index contributed by atoms with van der Waals surface area (Å²) in [5.41, 5.74) is 0.803. The average Bonchev–Trinajstić information content (AvgIpc) is 2.69. The van der Waals surface area contributed by atoms with E-state index >= 15 is 0 Å².